The van der Waals surface area contributed by atoms with E-state index in [0.717, 1.165) is 6.07 Å². The van der Waals surface area contributed by atoms with Gasteiger partial charge in [0.1, 0.15) is 12.4 Å². The minimum atomic E-state index is -0.988. The van der Waals surface area contributed by atoms with Crippen molar-refractivity contribution in [1.29, 1.82) is 0 Å². The zero-order valence-electron chi connectivity index (χ0n) is 10.5. The molecule has 0 heterocycles. The summed E-state index contributed by atoms with van der Waals surface area (Å²) in [6.07, 6.45) is -0.193. The summed E-state index contributed by atoms with van der Waals surface area (Å²) in [5.74, 6) is -2.54. The van der Waals surface area contributed by atoms with E-state index in [0.29, 0.717) is 11.3 Å². The molecule has 0 atom stereocenters. The van der Waals surface area contributed by atoms with Crippen LogP contribution >= 0.6 is 0 Å². The Hall–Kier alpha value is -2.43. The fourth-order valence-corrected chi connectivity index (χ4v) is 1.77. The number of halogens is 2. The molecule has 0 saturated carbocycles. The maximum Gasteiger partial charge on any atom is 0.307 e. The summed E-state index contributed by atoms with van der Waals surface area (Å²) < 4.78 is 31.9. The number of benzene rings is 2. The molecule has 0 fully saturated rings. The zero-order valence-corrected chi connectivity index (χ0v) is 10.5. The minimum Gasteiger partial charge on any atom is -0.488 e. The SMILES string of the molecule is O=C(O)Cc1ccccc1OCc1cccc(F)c1F. The molecular formula is C15H12F2O3. The highest BCUT2D eigenvalue weighted by molar-refractivity contribution is 5.71. The van der Waals surface area contributed by atoms with Crippen LogP contribution < -0.4 is 4.74 Å². The number of ether oxygens (including phenoxy) is 1. The van der Waals surface area contributed by atoms with Crippen molar-refractivity contribution in [2.45, 2.75) is 13.0 Å². The molecule has 1 N–H and O–H groups in total. The van der Waals surface area contributed by atoms with Crippen LogP contribution in [0.4, 0.5) is 8.78 Å². The first-order valence-electron chi connectivity index (χ1n) is 5.93. The van der Waals surface area contributed by atoms with Gasteiger partial charge in [-0.2, -0.15) is 0 Å². The van der Waals surface area contributed by atoms with Crippen LogP contribution in [0.3, 0.4) is 0 Å². The van der Waals surface area contributed by atoms with E-state index in [1.54, 1.807) is 24.3 Å². The number of carboxylic acids is 1. The number of carbonyl (C=O) groups is 1. The highest BCUT2D eigenvalue weighted by Gasteiger charge is 2.11. The lowest BCUT2D eigenvalue weighted by Crippen LogP contribution is -2.05. The molecule has 2 aromatic rings. The quantitative estimate of drug-likeness (QED) is 0.913. The van der Waals surface area contributed by atoms with E-state index in [2.05, 4.69) is 0 Å². The summed E-state index contributed by atoms with van der Waals surface area (Å²) in [5.41, 5.74) is 0.562. The molecule has 0 aliphatic carbocycles. The van der Waals surface area contributed by atoms with E-state index in [1.807, 2.05) is 0 Å². The summed E-state index contributed by atoms with van der Waals surface area (Å²) in [7, 11) is 0. The lowest BCUT2D eigenvalue weighted by Gasteiger charge is -2.11. The van der Waals surface area contributed by atoms with Crippen LogP contribution in [0, 0.1) is 11.6 Å². The summed E-state index contributed by atoms with van der Waals surface area (Å²) in [4.78, 5) is 10.7. The Labute approximate surface area is 114 Å². The van der Waals surface area contributed by atoms with E-state index in [4.69, 9.17) is 9.84 Å². The van der Waals surface area contributed by atoms with Crippen LogP contribution in [-0.2, 0) is 17.8 Å². The largest absolute Gasteiger partial charge is 0.488 e. The fraction of sp³-hybridized carbons (Fsp3) is 0.133. The molecule has 3 nitrogen and oxygen atoms in total. The van der Waals surface area contributed by atoms with Gasteiger partial charge in [-0.1, -0.05) is 30.3 Å². The lowest BCUT2D eigenvalue weighted by atomic mass is 10.1. The van der Waals surface area contributed by atoms with E-state index < -0.39 is 17.6 Å². The normalized spacial score (nSPS) is 10.3. The smallest absolute Gasteiger partial charge is 0.307 e. The number of carboxylic acid groups (broad SMARTS) is 1. The van der Waals surface area contributed by atoms with Crippen molar-refractivity contribution < 1.29 is 23.4 Å². The third-order valence-electron chi connectivity index (χ3n) is 2.73. The standard InChI is InChI=1S/C15H12F2O3/c16-12-6-3-5-11(15(12)17)9-20-13-7-2-1-4-10(13)8-14(18)19/h1-7H,8-9H2,(H,18,19). The van der Waals surface area contributed by atoms with Gasteiger partial charge in [-0.3, -0.25) is 4.79 Å². The molecular weight excluding hydrogens is 266 g/mol. The molecule has 0 aliphatic heterocycles. The Morgan fingerprint density at radius 3 is 2.50 bits per heavy atom. The van der Waals surface area contributed by atoms with Crippen LogP contribution in [0.5, 0.6) is 5.75 Å². The van der Waals surface area contributed by atoms with Crippen LogP contribution in [0.2, 0.25) is 0 Å². The Morgan fingerprint density at radius 2 is 1.75 bits per heavy atom. The Kier molecular flexibility index (Phi) is 4.30. The molecule has 0 bridgehead atoms. The number of aliphatic carboxylic acids is 1. The molecule has 20 heavy (non-hydrogen) atoms. The van der Waals surface area contributed by atoms with Crippen molar-refractivity contribution >= 4 is 5.97 Å². The van der Waals surface area contributed by atoms with Gasteiger partial charge in [-0.05, 0) is 12.1 Å². The predicted octanol–water partition coefficient (Wildman–Crippen LogP) is 3.17. The monoisotopic (exact) mass is 278 g/mol. The van der Waals surface area contributed by atoms with Crippen molar-refractivity contribution in [1.82, 2.24) is 0 Å². The van der Waals surface area contributed by atoms with Crippen molar-refractivity contribution in [3.63, 3.8) is 0 Å². The maximum absolute atomic E-state index is 13.5. The highest BCUT2D eigenvalue weighted by Crippen LogP contribution is 2.21. The van der Waals surface area contributed by atoms with Crippen LogP contribution in [0.15, 0.2) is 42.5 Å². The van der Waals surface area contributed by atoms with E-state index in [9.17, 15) is 13.6 Å². The maximum atomic E-state index is 13.5. The Morgan fingerprint density at radius 1 is 1.05 bits per heavy atom. The highest BCUT2D eigenvalue weighted by atomic mass is 19.2. The van der Waals surface area contributed by atoms with Crippen LogP contribution in [0.1, 0.15) is 11.1 Å². The topological polar surface area (TPSA) is 46.5 Å². The molecule has 0 spiro atoms. The predicted molar refractivity (Wildman–Crippen MR) is 68.5 cm³/mol. The number of hydrogen-bond acceptors (Lipinski definition) is 2. The molecule has 0 amide bonds. The molecule has 104 valence electrons. The van der Waals surface area contributed by atoms with Gasteiger partial charge in [0.25, 0.3) is 0 Å². The van der Waals surface area contributed by atoms with Crippen molar-refractivity contribution in [2.24, 2.45) is 0 Å². The van der Waals surface area contributed by atoms with Crippen molar-refractivity contribution in [3.05, 3.63) is 65.2 Å². The molecule has 0 saturated heterocycles. The molecule has 2 rings (SSSR count). The van der Waals surface area contributed by atoms with Gasteiger partial charge in [0.2, 0.25) is 0 Å². The second-order valence-electron chi connectivity index (χ2n) is 4.18. The molecule has 5 heteroatoms. The zero-order chi connectivity index (χ0) is 14.5. The molecule has 0 aliphatic rings. The third kappa shape index (κ3) is 3.32. The second-order valence-corrected chi connectivity index (χ2v) is 4.18. The summed E-state index contributed by atoms with van der Waals surface area (Å²) in [6.45, 7) is -0.166. The Bertz CT molecular complexity index is 626. The fourth-order valence-electron chi connectivity index (χ4n) is 1.77. The van der Waals surface area contributed by atoms with E-state index in [1.165, 1.54) is 12.1 Å². The van der Waals surface area contributed by atoms with Gasteiger partial charge in [-0.15, -0.1) is 0 Å². The molecule has 0 radical (unpaired) electrons. The molecule has 0 unspecified atom stereocenters. The van der Waals surface area contributed by atoms with Gasteiger partial charge in [0.05, 0.1) is 6.42 Å². The average molecular weight is 278 g/mol. The first-order valence-corrected chi connectivity index (χ1v) is 5.93. The second kappa shape index (κ2) is 6.14. The number of hydrogen-bond donors (Lipinski definition) is 1. The summed E-state index contributed by atoms with van der Waals surface area (Å²) >= 11 is 0. The van der Waals surface area contributed by atoms with Gasteiger partial charge >= 0.3 is 5.97 Å². The van der Waals surface area contributed by atoms with Gasteiger partial charge < -0.3 is 9.84 Å². The van der Waals surface area contributed by atoms with Crippen molar-refractivity contribution in [2.75, 3.05) is 0 Å². The van der Waals surface area contributed by atoms with Crippen molar-refractivity contribution in [3.8, 4) is 5.75 Å². The first kappa shape index (κ1) is 14.0. The van der Waals surface area contributed by atoms with Gasteiger partial charge in [0, 0.05) is 11.1 Å². The van der Waals surface area contributed by atoms with Crippen LogP contribution in [0.25, 0.3) is 0 Å². The summed E-state index contributed by atoms with van der Waals surface area (Å²) in [5, 5.41) is 8.79. The van der Waals surface area contributed by atoms with E-state index in [-0.39, 0.29) is 18.6 Å². The third-order valence-corrected chi connectivity index (χ3v) is 2.73. The Balaban J connectivity index is 2.15. The molecule has 0 aromatic heterocycles. The lowest BCUT2D eigenvalue weighted by molar-refractivity contribution is -0.136. The minimum absolute atomic E-state index is 0.0788. The average Bonchev–Trinajstić information content (AvgIpc) is 2.41. The van der Waals surface area contributed by atoms with Gasteiger partial charge in [-0.25, -0.2) is 8.78 Å². The molecule has 2 aromatic carbocycles. The summed E-state index contributed by atoms with van der Waals surface area (Å²) in [6, 6.07) is 10.4. The first-order chi connectivity index (χ1) is 9.58. The number of para-hydroxylation sites is 1. The van der Waals surface area contributed by atoms with Gasteiger partial charge in [0.15, 0.2) is 11.6 Å². The van der Waals surface area contributed by atoms with Crippen LogP contribution in [-0.4, -0.2) is 11.1 Å². The number of rotatable bonds is 5. The van der Waals surface area contributed by atoms with E-state index >= 15 is 0 Å².